The van der Waals surface area contributed by atoms with E-state index in [0.29, 0.717) is 41.7 Å². The van der Waals surface area contributed by atoms with Gasteiger partial charge in [0.05, 0.1) is 17.1 Å². The van der Waals surface area contributed by atoms with Gasteiger partial charge in [-0.25, -0.2) is 0 Å². The van der Waals surface area contributed by atoms with E-state index in [1.54, 1.807) is 31.2 Å². The van der Waals surface area contributed by atoms with Crippen molar-refractivity contribution in [1.29, 1.82) is 0 Å². The number of Topliss-reactive ketones (excluding diaryl/α,β-unsaturated/α-hetero) is 2. The molecule has 0 aromatic heterocycles. The van der Waals surface area contributed by atoms with Crippen molar-refractivity contribution in [3.63, 3.8) is 0 Å². The van der Waals surface area contributed by atoms with Crippen molar-refractivity contribution >= 4 is 29.5 Å². The predicted octanol–water partition coefficient (Wildman–Crippen LogP) is 7.25. The number of nitrogens with one attached hydrogen (secondary N) is 1. The first-order valence-electron chi connectivity index (χ1n) is 20.1. The Morgan fingerprint density at radius 3 is 2.31 bits per heavy atom. The first kappa shape index (κ1) is 40.8. The number of carbonyl (C=O) groups is 4. The third-order valence-corrected chi connectivity index (χ3v) is 12.6. The molecular weight excluding hydrogens is 737 g/mol. The largest absolute Gasteiger partial charge is 0.508 e. The number of fused-ring (bicyclic) bond motifs is 2. The molecule has 1 saturated heterocycles. The van der Waals surface area contributed by atoms with Gasteiger partial charge in [-0.15, -0.1) is 0 Å². The summed E-state index contributed by atoms with van der Waals surface area (Å²) >= 11 is 0. The molecule has 2 aromatic rings. The molecule has 2 amide bonds. The summed E-state index contributed by atoms with van der Waals surface area (Å²) in [4.78, 5) is 55.7. The number of carbonyl (C=O) groups excluding carboxylic acids is 4. The van der Waals surface area contributed by atoms with Gasteiger partial charge in [-0.3, -0.25) is 19.2 Å². The van der Waals surface area contributed by atoms with Gasteiger partial charge in [0.15, 0.2) is 22.8 Å². The molecule has 2 fully saturated rings. The van der Waals surface area contributed by atoms with E-state index in [-0.39, 0.29) is 52.7 Å². The molecule has 6 aliphatic rings. The number of ether oxygens (including phenoxy) is 3. The van der Waals surface area contributed by atoms with Crippen LogP contribution in [0.2, 0.25) is 0 Å². The van der Waals surface area contributed by atoms with Crippen LogP contribution in [0.15, 0.2) is 76.9 Å². The minimum Gasteiger partial charge on any atom is -0.508 e. The van der Waals surface area contributed by atoms with Gasteiger partial charge in [0.2, 0.25) is 11.8 Å². The smallest absolute Gasteiger partial charge is 0.246 e. The quantitative estimate of drug-likeness (QED) is 0.128. The number of amides is 2. The van der Waals surface area contributed by atoms with Crippen molar-refractivity contribution in [1.82, 2.24) is 5.32 Å². The average Bonchev–Trinajstić information content (AvgIpc) is 3.30. The normalized spacial score (nSPS) is 27.6. The number of phenols is 2. The van der Waals surface area contributed by atoms with Crippen molar-refractivity contribution in [2.24, 2.45) is 17.6 Å². The Morgan fingerprint density at radius 2 is 1.66 bits per heavy atom. The number of hydrogen-bond donors (Lipinski definition) is 4. The van der Waals surface area contributed by atoms with Crippen molar-refractivity contribution in [3.05, 3.63) is 99.2 Å². The van der Waals surface area contributed by atoms with Crippen LogP contribution in [0.1, 0.15) is 114 Å². The van der Waals surface area contributed by atoms with Gasteiger partial charge in [0, 0.05) is 41.5 Å². The van der Waals surface area contributed by atoms with E-state index in [2.05, 4.69) is 25.2 Å². The summed E-state index contributed by atoms with van der Waals surface area (Å²) in [5, 5.41) is 24.4. The standard InChI is InChI=1S/C47H54N2O9/c1-25(2)10-9-19-45(8)20-18-31-37(51)36-38(52)34-22-29-23-35-44(6,7)58-46(41(29)53,47(34,35)57-40(36)32(39(31)56-45)16-11-26(3)4)21-17-27(5)43(55)49-24-33(42(48)54)28-12-14-30(50)15-13-28/h10-15,17-18,20,22,29,33,35,50-51H,9,16,19,21,23-24H2,1-8H3,(H2,48,54)(H,49,55)/b27-17-. The molecule has 3 heterocycles. The van der Waals surface area contributed by atoms with E-state index in [1.807, 2.05) is 52.8 Å². The molecule has 4 bridgehead atoms. The van der Waals surface area contributed by atoms with Gasteiger partial charge in [-0.05, 0) is 111 Å². The van der Waals surface area contributed by atoms with Crippen LogP contribution in [0.4, 0.5) is 0 Å². The molecule has 1 saturated carbocycles. The van der Waals surface area contributed by atoms with E-state index in [4.69, 9.17) is 19.9 Å². The summed E-state index contributed by atoms with van der Waals surface area (Å²) < 4.78 is 21.0. The Hall–Kier alpha value is -5.42. The van der Waals surface area contributed by atoms with Gasteiger partial charge in [-0.2, -0.15) is 0 Å². The lowest BCUT2D eigenvalue weighted by Gasteiger charge is -2.56. The average molecular weight is 791 g/mol. The molecule has 3 aliphatic carbocycles. The molecule has 58 heavy (non-hydrogen) atoms. The van der Waals surface area contributed by atoms with Crippen LogP contribution in [-0.4, -0.2) is 62.5 Å². The fraction of sp³-hybridized carbons (Fsp3) is 0.447. The summed E-state index contributed by atoms with van der Waals surface area (Å²) in [5.74, 6) is -3.33. The van der Waals surface area contributed by atoms with Gasteiger partial charge >= 0.3 is 0 Å². The molecule has 306 valence electrons. The van der Waals surface area contributed by atoms with Gasteiger partial charge in [0.1, 0.15) is 34.2 Å². The maximum absolute atomic E-state index is 15.0. The lowest BCUT2D eigenvalue weighted by molar-refractivity contribution is -0.171. The highest BCUT2D eigenvalue weighted by Crippen LogP contribution is 2.68. The van der Waals surface area contributed by atoms with E-state index in [1.165, 1.54) is 17.7 Å². The third-order valence-electron chi connectivity index (χ3n) is 12.6. The molecular formula is C47H54N2O9. The second-order valence-corrected chi connectivity index (χ2v) is 17.7. The summed E-state index contributed by atoms with van der Waals surface area (Å²) in [6.07, 6.45) is 13.4. The highest BCUT2D eigenvalue weighted by molar-refractivity contribution is 6.19. The Balaban J connectivity index is 1.30. The van der Waals surface area contributed by atoms with Gasteiger partial charge in [-0.1, -0.05) is 47.6 Å². The van der Waals surface area contributed by atoms with Crippen LogP contribution in [0.3, 0.4) is 0 Å². The predicted molar refractivity (Wildman–Crippen MR) is 220 cm³/mol. The second kappa shape index (κ2) is 14.4. The number of allylic oxidation sites excluding steroid dienone is 5. The van der Waals surface area contributed by atoms with Crippen molar-refractivity contribution < 1.29 is 43.6 Å². The maximum Gasteiger partial charge on any atom is 0.246 e. The molecule has 6 atom stereocenters. The molecule has 6 unspecified atom stereocenters. The van der Waals surface area contributed by atoms with Crippen LogP contribution in [0, 0.1) is 11.8 Å². The number of ketones is 2. The molecule has 11 nitrogen and oxygen atoms in total. The summed E-state index contributed by atoms with van der Waals surface area (Å²) in [6.45, 7) is 15.4. The Kier molecular flexibility index (Phi) is 10.2. The SMILES string of the molecule is CC(C)=CCCC1(C)C=Cc2c(O)c3c(c(CC=C(C)C)c2O1)OC12C(=CC4CC1C(C)(C)OC2(C/C=C(/C)C(=O)NCC(C(N)=O)c1ccc(O)cc1)C4=O)C3=O. The fourth-order valence-electron chi connectivity index (χ4n) is 9.60. The van der Waals surface area contributed by atoms with Crippen LogP contribution in [0.5, 0.6) is 23.0 Å². The number of benzene rings is 2. The molecule has 5 N–H and O–H groups in total. The Bertz CT molecular complexity index is 2270. The summed E-state index contributed by atoms with van der Waals surface area (Å²) in [6, 6.07) is 6.02. The molecule has 0 radical (unpaired) electrons. The lowest BCUT2D eigenvalue weighted by Crippen LogP contribution is -2.72. The van der Waals surface area contributed by atoms with Crippen LogP contribution >= 0.6 is 0 Å². The van der Waals surface area contributed by atoms with E-state index in [9.17, 15) is 24.6 Å². The van der Waals surface area contributed by atoms with Crippen molar-refractivity contribution in [3.8, 4) is 23.0 Å². The number of aromatic hydroxyl groups is 2. The van der Waals surface area contributed by atoms with Crippen LogP contribution in [-0.2, 0) is 25.5 Å². The van der Waals surface area contributed by atoms with Crippen molar-refractivity contribution in [2.75, 3.05) is 6.54 Å². The monoisotopic (exact) mass is 790 g/mol. The zero-order valence-electron chi connectivity index (χ0n) is 34.6. The zero-order valence-corrected chi connectivity index (χ0v) is 34.6. The summed E-state index contributed by atoms with van der Waals surface area (Å²) in [5.41, 5.74) is 5.11. The topological polar surface area (TPSA) is 174 Å². The lowest BCUT2D eigenvalue weighted by atomic mass is 9.51. The Morgan fingerprint density at radius 1 is 0.966 bits per heavy atom. The van der Waals surface area contributed by atoms with Gasteiger partial charge < -0.3 is 35.5 Å². The number of phenolic OH excluding ortho intramolecular Hbond substituents is 2. The van der Waals surface area contributed by atoms with E-state index >= 15 is 4.79 Å². The highest BCUT2D eigenvalue weighted by atomic mass is 16.6. The maximum atomic E-state index is 15.0. The number of nitrogens with two attached hydrogens (primary N) is 1. The minimum atomic E-state index is -1.69. The Labute approximate surface area is 339 Å². The molecule has 11 heteroatoms. The number of primary amides is 1. The van der Waals surface area contributed by atoms with Crippen LogP contribution < -0.4 is 20.5 Å². The minimum absolute atomic E-state index is 0.0313. The molecule has 1 spiro atoms. The van der Waals surface area contributed by atoms with E-state index in [0.717, 1.165) is 12.0 Å². The highest BCUT2D eigenvalue weighted by Gasteiger charge is 2.81. The second-order valence-electron chi connectivity index (χ2n) is 17.7. The third kappa shape index (κ3) is 6.47. The first-order chi connectivity index (χ1) is 27.2. The zero-order chi connectivity index (χ0) is 42.1. The molecule has 8 rings (SSSR count). The molecule has 2 aromatic carbocycles. The number of hydrogen-bond acceptors (Lipinski definition) is 9. The molecule has 3 aliphatic heterocycles. The van der Waals surface area contributed by atoms with E-state index < -0.39 is 57.8 Å². The van der Waals surface area contributed by atoms with Gasteiger partial charge in [0.25, 0.3) is 0 Å². The summed E-state index contributed by atoms with van der Waals surface area (Å²) in [7, 11) is 0. The fourth-order valence-corrected chi connectivity index (χ4v) is 9.60. The number of rotatable bonds is 12. The van der Waals surface area contributed by atoms with Crippen LogP contribution in [0.25, 0.3) is 6.08 Å². The first-order valence-corrected chi connectivity index (χ1v) is 20.1. The van der Waals surface area contributed by atoms with Crippen molar-refractivity contribution in [2.45, 2.75) is 116 Å².